The van der Waals surface area contributed by atoms with Crippen LogP contribution in [0.4, 0.5) is 0 Å². The molecule has 0 radical (unpaired) electrons. The van der Waals surface area contributed by atoms with Gasteiger partial charge >= 0.3 is 5.97 Å². The van der Waals surface area contributed by atoms with E-state index in [1.807, 2.05) is 68.4 Å². The van der Waals surface area contributed by atoms with Crippen molar-refractivity contribution >= 4 is 11.8 Å². The van der Waals surface area contributed by atoms with E-state index >= 15 is 0 Å². The summed E-state index contributed by atoms with van der Waals surface area (Å²) in [6.45, 7) is 10.1. The van der Waals surface area contributed by atoms with Gasteiger partial charge in [-0.05, 0) is 59.4 Å². The third-order valence-electron chi connectivity index (χ3n) is 14.3. The number of ketones is 1. The van der Waals surface area contributed by atoms with Crippen molar-refractivity contribution in [1.29, 1.82) is 0 Å². The molecule has 3 saturated carbocycles. The van der Waals surface area contributed by atoms with Crippen molar-refractivity contribution in [1.82, 2.24) is 0 Å². The molecule has 8 atom stereocenters. The van der Waals surface area contributed by atoms with Crippen molar-refractivity contribution in [2.45, 2.75) is 95.5 Å². The molecule has 0 aliphatic heterocycles. The van der Waals surface area contributed by atoms with Gasteiger partial charge in [0.05, 0.1) is 18.1 Å². The molecule has 3 fully saturated rings. The third kappa shape index (κ3) is 5.38. The molecular weight excluding hydrogens is 661 g/mol. The lowest BCUT2D eigenvalue weighted by Crippen LogP contribution is -2.61. The molecule has 0 aromatic heterocycles. The summed E-state index contributed by atoms with van der Waals surface area (Å²) in [5.41, 5.74) is -1.44. The molecule has 278 valence electrons. The second-order valence-electron chi connectivity index (χ2n) is 17.6. The van der Waals surface area contributed by atoms with Crippen LogP contribution in [0.2, 0.25) is 0 Å². The van der Waals surface area contributed by atoms with Gasteiger partial charge in [0.2, 0.25) is 0 Å². The Hall–Kier alpha value is -3.84. The maximum atomic E-state index is 14.0. The molecule has 0 unspecified atom stereocenters. The lowest BCUT2D eigenvalue weighted by atomic mass is 9.60. The molecule has 6 heteroatoms. The Bertz CT molecular complexity index is 1830. The molecule has 5 aliphatic rings. The van der Waals surface area contributed by atoms with Gasteiger partial charge < -0.3 is 19.7 Å². The summed E-state index contributed by atoms with van der Waals surface area (Å²) in [5, 5.41) is 25.7. The van der Waals surface area contributed by atoms with Crippen LogP contribution in [0.15, 0.2) is 114 Å². The number of benzene rings is 3. The summed E-state index contributed by atoms with van der Waals surface area (Å²) in [6.07, 6.45) is 8.82. The zero-order valence-corrected chi connectivity index (χ0v) is 31.8. The second-order valence-corrected chi connectivity index (χ2v) is 17.6. The van der Waals surface area contributed by atoms with Crippen LogP contribution in [-0.4, -0.2) is 45.4 Å². The third-order valence-corrected chi connectivity index (χ3v) is 14.3. The largest absolute Gasteiger partial charge is 0.458 e. The number of Topliss-reactive ketones (excluding diaryl/α,β-unsaturated/α-hetero) is 1. The molecule has 3 aromatic carbocycles. The highest BCUT2D eigenvalue weighted by atomic mass is 16.6. The fourth-order valence-electron chi connectivity index (χ4n) is 11.2. The summed E-state index contributed by atoms with van der Waals surface area (Å²) in [4.78, 5) is 27.8. The average Bonchev–Trinajstić information content (AvgIpc) is 3.54. The van der Waals surface area contributed by atoms with Crippen LogP contribution < -0.4 is 0 Å². The maximum Gasteiger partial charge on any atom is 0.309 e. The van der Waals surface area contributed by atoms with E-state index in [-0.39, 0.29) is 42.5 Å². The standard InChI is InChI=1S/C47H54O6/c1-30-25-39-44(50,41(30)48)28-34(29-52-47(35-18-9-6-10-19-35,36-20-11-7-12-21-36)37-22-13-8-14-23-37)26-38-40-43(4,5)45(40,27-32(3)46(38,39)51)53-42(49)31(2)24-33-16-15-17-33/h6-14,18-23,25-26,31-33,38-40,50-51H,15-17,24,27-29H2,1-5H3/t31-,32+,38-,39+,40+,44+,45-,46+/m0/s1. The van der Waals surface area contributed by atoms with E-state index in [2.05, 4.69) is 56.3 Å². The Morgan fingerprint density at radius 1 is 0.887 bits per heavy atom. The predicted molar refractivity (Wildman–Crippen MR) is 205 cm³/mol. The first-order chi connectivity index (χ1) is 25.3. The highest BCUT2D eigenvalue weighted by Gasteiger charge is 2.83. The monoisotopic (exact) mass is 714 g/mol. The van der Waals surface area contributed by atoms with Crippen molar-refractivity contribution in [2.24, 2.45) is 40.9 Å². The topological polar surface area (TPSA) is 93.1 Å². The van der Waals surface area contributed by atoms with Crippen molar-refractivity contribution in [3.05, 3.63) is 131 Å². The molecule has 0 saturated heterocycles. The minimum absolute atomic E-state index is 0.0304. The molecule has 0 bridgehead atoms. The molecule has 0 amide bonds. The van der Waals surface area contributed by atoms with E-state index in [4.69, 9.17) is 9.47 Å². The van der Waals surface area contributed by atoms with Gasteiger partial charge in [0.1, 0.15) is 16.8 Å². The quantitative estimate of drug-likeness (QED) is 0.125. The maximum absolute atomic E-state index is 14.0. The lowest BCUT2D eigenvalue weighted by Gasteiger charge is -2.50. The normalized spacial score (nSPS) is 33.6. The zero-order valence-electron chi connectivity index (χ0n) is 31.8. The Balaban J connectivity index is 1.22. The van der Waals surface area contributed by atoms with Crippen LogP contribution in [0.1, 0.15) is 89.8 Å². The summed E-state index contributed by atoms with van der Waals surface area (Å²) in [5.74, 6) is -2.01. The highest BCUT2D eigenvalue weighted by Crippen LogP contribution is 2.76. The molecule has 53 heavy (non-hydrogen) atoms. The first-order valence-electron chi connectivity index (χ1n) is 19.7. The van der Waals surface area contributed by atoms with Gasteiger partial charge in [-0.1, -0.05) is 150 Å². The van der Waals surface area contributed by atoms with Crippen LogP contribution >= 0.6 is 0 Å². The van der Waals surface area contributed by atoms with Crippen LogP contribution in [0.25, 0.3) is 0 Å². The molecule has 6 nitrogen and oxygen atoms in total. The van der Waals surface area contributed by atoms with Crippen LogP contribution in [-0.2, 0) is 24.7 Å². The molecule has 0 heterocycles. The van der Waals surface area contributed by atoms with Gasteiger partial charge in [-0.25, -0.2) is 0 Å². The van der Waals surface area contributed by atoms with E-state index in [9.17, 15) is 19.8 Å². The number of rotatable bonds is 10. The van der Waals surface area contributed by atoms with Gasteiger partial charge in [-0.15, -0.1) is 0 Å². The fraction of sp³-hybridized carbons (Fsp3) is 0.489. The number of carbonyl (C=O) groups is 2. The van der Waals surface area contributed by atoms with Crippen LogP contribution in [0.5, 0.6) is 0 Å². The summed E-state index contributed by atoms with van der Waals surface area (Å²) < 4.78 is 13.9. The number of esters is 1. The number of carbonyl (C=O) groups excluding carboxylic acids is 2. The minimum atomic E-state index is -1.83. The average molecular weight is 715 g/mol. The lowest BCUT2D eigenvalue weighted by molar-refractivity contribution is -0.189. The van der Waals surface area contributed by atoms with E-state index in [1.54, 1.807) is 13.0 Å². The predicted octanol–water partition coefficient (Wildman–Crippen LogP) is 8.35. The Kier molecular flexibility index (Phi) is 8.79. The number of hydrogen-bond acceptors (Lipinski definition) is 6. The Morgan fingerprint density at radius 2 is 1.43 bits per heavy atom. The van der Waals surface area contributed by atoms with Gasteiger partial charge in [0, 0.05) is 29.6 Å². The number of ether oxygens (including phenoxy) is 2. The molecule has 0 spiro atoms. The smallest absolute Gasteiger partial charge is 0.309 e. The van der Waals surface area contributed by atoms with E-state index in [0.29, 0.717) is 17.9 Å². The van der Waals surface area contributed by atoms with E-state index < -0.39 is 39.7 Å². The van der Waals surface area contributed by atoms with Crippen molar-refractivity contribution < 1.29 is 29.3 Å². The van der Waals surface area contributed by atoms with E-state index in [1.165, 1.54) is 19.3 Å². The number of aliphatic hydroxyl groups is 2. The fourth-order valence-corrected chi connectivity index (χ4v) is 11.2. The van der Waals surface area contributed by atoms with Gasteiger partial charge in [-0.2, -0.15) is 0 Å². The van der Waals surface area contributed by atoms with Crippen molar-refractivity contribution in [3.8, 4) is 0 Å². The first kappa shape index (κ1) is 36.2. The van der Waals surface area contributed by atoms with Gasteiger partial charge in [0.25, 0.3) is 0 Å². The van der Waals surface area contributed by atoms with Crippen LogP contribution in [0, 0.1) is 40.9 Å². The summed E-state index contributed by atoms with van der Waals surface area (Å²) >= 11 is 0. The van der Waals surface area contributed by atoms with Crippen molar-refractivity contribution in [3.63, 3.8) is 0 Å². The molecule has 3 aromatic rings. The highest BCUT2D eigenvalue weighted by molar-refractivity contribution is 6.04. The Labute approximate surface area is 314 Å². The summed E-state index contributed by atoms with van der Waals surface area (Å²) in [6, 6.07) is 30.5. The second kappa shape index (κ2) is 12.9. The zero-order chi connectivity index (χ0) is 37.4. The molecular formula is C47H54O6. The number of hydrogen-bond donors (Lipinski definition) is 2. The van der Waals surface area contributed by atoms with Crippen LogP contribution in [0.3, 0.4) is 0 Å². The molecule has 8 rings (SSSR count). The van der Waals surface area contributed by atoms with Gasteiger partial charge in [0.15, 0.2) is 5.78 Å². The SMILES string of the molecule is CC1=C[C@H]2[C@@]3(O)[C@H](C)C[C@]4(OC(=O)[C@@H](C)CC5CCC5)[C@H]([C@@H]3C=C(COC(c3ccccc3)(c3ccccc3)c3ccccc3)C[C@]2(O)C1=O)C4(C)C. The molecule has 2 N–H and O–H groups in total. The number of fused-ring (bicyclic) bond motifs is 5. The van der Waals surface area contributed by atoms with Gasteiger partial charge in [-0.3, -0.25) is 9.59 Å². The van der Waals surface area contributed by atoms with Crippen molar-refractivity contribution in [2.75, 3.05) is 6.61 Å². The van der Waals surface area contributed by atoms with E-state index in [0.717, 1.165) is 28.7 Å². The first-order valence-corrected chi connectivity index (χ1v) is 19.7. The Morgan fingerprint density at radius 3 is 1.94 bits per heavy atom. The molecule has 5 aliphatic carbocycles. The minimum Gasteiger partial charge on any atom is -0.458 e. The summed E-state index contributed by atoms with van der Waals surface area (Å²) in [7, 11) is 0.